The van der Waals surface area contributed by atoms with Crippen LogP contribution in [0.5, 0.6) is 0 Å². The van der Waals surface area contributed by atoms with Gasteiger partial charge in [-0.15, -0.1) is 0 Å². The van der Waals surface area contributed by atoms with E-state index in [-0.39, 0.29) is 18.6 Å². The molecule has 206 valence electrons. The zero-order valence-corrected chi connectivity index (χ0v) is 23.5. The van der Waals surface area contributed by atoms with Crippen LogP contribution in [-0.4, -0.2) is 42.8 Å². The smallest absolute Gasteiger partial charge is 0.326 e. The third-order valence-corrected chi connectivity index (χ3v) is 7.84. The molecule has 0 aliphatic carbocycles. The Morgan fingerprint density at radius 1 is 0.949 bits per heavy atom. The number of carbonyl (C=O) groups excluding carboxylic acids is 1. The summed E-state index contributed by atoms with van der Waals surface area (Å²) in [6.07, 6.45) is -0.586. The monoisotopic (exact) mass is 589 g/mol. The summed E-state index contributed by atoms with van der Waals surface area (Å²) in [5.41, 5.74) is 2.92. The van der Waals surface area contributed by atoms with Gasteiger partial charge in [0.2, 0.25) is 0 Å². The van der Waals surface area contributed by atoms with Crippen molar-refractivity contribution in [3.8, 4) is 0 Å². The standard InChI is InChI=1S/C29H29Cl2NO6S/c1-2-3-24(29(34)35)32-26(20-8-12-22(30)13-9-20)27(21-10-14-23(31)15-11-21)38-25(28(32)33)16-18-4-6-19(7-5-18)17-39(36)37/h4-15,24-27H,2-3,16-17H2,1H3,(H,34,35)(H,36,37)/t24-,25+,26-,27+/m1/s1. The van der Waals surface area contributed by atoms with Crippen LogP contribution in [0.1, 0.15) is 54.2 Å². The number of hydrogen-bond acceptors (Lipinski definition) is 4. The summed E-state index contributed by atoms with van der Waals surface area (Å²) in [5.74, 6) is -1.49. The molecule has 7 nitrogen and oxygen atoms in total. The average Bonchev–Trinajstić information content (AvgIpc) is 2.90. The number of rotatable bonds is 10. The second-order valence-electron chi connectivity index (χ2n) is 9.47. The van der Waals surface area contributed by atoms with E-state index in [1.807, 2.05) is 19.1 Å². The summed E-state index contributed by atoms with van der Waals surface area (Å²) in [7, 11) is 0. The summed E-state index contributed by atoms with van der Waals surface area (Å²) in [6.45, 7) is 1.88. The molecule has 39 heavy (non-hydrogen) atoms. The fourth-order valence-electron chi connectivity index (χ4n) is 4.93. The van der Waals surface area contributed by atoms with E-state index in [2.05, 4.69) is 0 Å². The topological polar surface area (TPSA) is 104 Å². The molecule has 3 aromatic rings. The van der Waals surface area contributed by atoms with Crippen LogP contribution in [-0.2, 0) is 37.6 Å². The number of aliphatic carboxylic acids is 1. The van der Waals surface area contributed by atoms with Gasteiger partial charge in [-0.2, -0.15) is 0 Å². The third-order valence-electron chi connectivity index (χ3n) is 6.75. The van der Waals surface area contributed by atoms with Gasteiger partial charge in [0, 0.05) is 16.5 Å². The van der Waals surface area contributed by atoms with Gasteiger partial charge < -0.3 is 19.3 Å². The maximum absolute atomic E-state index is 14.1. The van der Waals surface area contributed by atoms with E-state index < -0.39 is 47.2 Å². The molecule has 0 aromatic heterocycles. The molecule has 1 aliphatic rings. The highest BCUT2D eigenvalue weighted by molar-refractivity contribution is 7.78. The normalized spacial score (nSPS) is 21.0. The van der Waals surface area contributed by atoms with Crippen molar-refractivity contribution in [2.24, 2.45) is 0 Å². The molecular weight excluding hydrogens is 561 g/mol. The lowest BCUT2D eigenvalue weighted by Gasteiger charge is -2.47. The molecule has 5 atom stereocenters. The molecule has 1 saturated heterocycles. The molecular formula is C29H29Cl2NO6S. The van der Waals surface area contributed by atoms with Gasteiger partial charge >= 0.3 is 5.97 Å². The molecule has 0 bridgehead atoms. The molecule has 3 aromatic carbocycles. The summed E-state index contributed by atoms with van der Waals surface area (Å²) < 4.78 is 26.8. The van der Waals surface area contributed by atoms with E-state index in [1.165, 1.54) is 4.90 Å². The Hall–Kier alpha value is -2.75. The van der Waals surface area contributed by atoms with Crippen LogP contribution < -0.4 is 0 Å². The van der Waals surface area contributed by atoms with Crippen LogP contribution in [0, 0.1) is 0 Å². The van der Waals surface area contributed by atoms with Crippen molar-refractivity contribution in [2.75, 3.05) is 0 Å². The fourth-order valence-corrected chi connectivity index (χ4v) is 5.66. The molecule has 0 spiro atoms. The van der Waals surface area contributed by atoms with Gasteiger partial charge in [-0.05, 0) is 52.9 Å². The molecule has 1 aliphatic heterocycles. The molecule has 10 heteroatoms. The van der Waals surface area contributed by atoms with Gasteiger partial charge in [0.1, 0.15) is 18.2 Å². The van der Waals surface area contributed by atoms with Crippen molar-refractivity contribution in [1.29, 1.82) is 0 Å². The number of ether oxygens (including phenoxy) is 1. The number of nitrogens with zero attached hydrogens (tertiary/aromatic N) is 1. The van der Waals surface area contributed by atoms with E-state index in [9.17, 15) is 18.9 Å². The van der Waals surface area contributed by atoms with Crippen molar-refractivity contribution in [3.05, 3.63) is 105 Å². The van der Waals surface area contributed by atoms with Crippen LogP contribution >= 0.6 is 23.2 Å². The molecule has 1 heterocycles. The summed E-state index contributed by atoms with van der Waals surface area (Å²) >= 11 is 10.3. The number of morpholine rings is 1. The van der Waals surface area contributed by atoms with E-state index >= 15 is 0 Å². The predicted molar refractivity (Wildman–Crippen MR) is 151 cm³/mol. The van der Waals surface area contributed by atoms with Crippen LogP contribution in [0.2, 0.25) is 10.0 Å². The first-order chi connectivity index (χ1) is 18.7. The Kier molecular flexibility index (Phi) is 9.80. The van der Waals surface area contributed by atoms with Crippen molar-refractivity contribution in [2.45, 2.75) is 56.2 Å². The molecule has 0 radical (unpaired) electrons. The van der Waals surface area contributed by atoms with E-state index in [0.717, 1.165) is 11.1 Å². The maximum atomic E-state index is 14.1. The lowest BCUT2D eigenvalue weighted by atomic mass is 9.88. The van der Waals surface area contributed by atoms with Crippen LogP contribution in [0.3, 0.4) is 0 Å². The summed E-state index contributed by atoms with van der Waals surface area (Å²) in [5, 5.41) is 11.3. The second kappa shape index (κ2) is 13.1. The largest absolute Gasteiger partial charge is 0.480 e. The number of carbonyl (C=O) groups is 2. The summed E-state index contributed by atoms with van der Waals surface area (Å²) in [6, 6.07) is 19.4. The highest BCUT2D eigenvalue weighted by Crippen LogP contribution is 2.44. The lowest BCUT2D eigenvalue weighted by molar-refractivity contribution is -0.184. The van der Waals surface area contributed by atoms with Gasteiger partial charge in [-0.1, -0.05) is 85.1 Å². The van der Waals surface area contributed by atoms with E-state index in [0.29, 0.717) is 27.6 Å². The minimum atomic E-state index is -1.96. The van der Waals surface area contributed by atoms with Gasteiger partial charge in [0.15, 0.2) is 11.1 Å². The minimum Gasteiger partial charge on any atom is -0.480 e. The first kappa shape index (κ1) is 29.2. The fraction of sp³-hybridized carbons (Fsp3) is 0.310. The summed E-state index contributed by atoms with van der Waals surface area (Å²) in [4.78, 5) is 28.1. The van der Waals surface area contributed by atoms with Crippen molar-refractivity contribution in [3.63, 3.8) is 0 Å². The third kappa shape index (κ3) is 7.07. The molecule has 1 fully saturated rings. The Labute approximate surface area is 240 Å². The number of benzene rings is 3. The number of hydrogen-bond donors (Lipinski definition) is 2. The molecule has 2 N–H and O–H groups in total. The van der Waals surface area contributed by atoms with Crippen molar-refractivity contribution < 1.29 is 28.2 Å². The van der Waals surface area contributed by atoms with Crippen LogP contribution in [0.25, 0.3) is 0 Å². The van der Waals surface area contributed by atoms with Gasteiger partial charge in [0.05, 0.1) is 11.8 Å². The molecule has 1 amide bonds. The number of carboxylic acid groups (broad SMARTS) is 1. The molecule has 1 unspecified atom stereocenters. The Morgan fingerprint density at radius 3 is 2.00 bits per heavy atom. The molecule has 0 saturated carbocycles. The number of carboxylic acids is 1. The van der Waals surface area contributed by atoms with Crippen molar-refractivity contribution in [1.82, 2.24) is 4.90 Å². The Bertz CT molecular complexity index is 1320. The number of amides is 1. The minimum absolute atomic E-state index is 0.00559. The first-order valence-corrected chi connectivity index (χ1v) is 14.6. The lowest BCUT2D eigenvalue weighted by Crippen LogP contribution is -2.57. The van der Waals surface area contributed by atoms with E-state index in [4.69, 9.17) is 32.5 Å². The second-order valence-corrected chi connectivity index (χ2v) is 11.3. The first-order valence-electron chi connectivity index (χ1n) is 12.5. The Balaban J connectivity index is 1.79. The van der Waals surface area contributed by atoms with Crippen molar-refractivity contribution >= 4 is 46.2 Å². The van der Waals surface area contributed by atoms with Gasteiger partial charge in [-0.25, -0.2) is 9.00 Å². The SMILES string of the molecule is CCC[C@H](C(=O)O)N1C(=O)[C@H](Cc2ccc(CS(=O)O)cc2)O[C@@H](c2ccc(Cl)cc2)[C@H]1c1ccc(Cl)cc1. The maximum Gasteiger partial charge on any atom is 0.326 e. The van der Waals surface area contributed by atoms with Gasteiger partial charge in [0.25, 0.3) is 5.91 Å². The predicted octanol–water partition coefficient (Wildman–Crippen LogP) is 6.22. The molecule has 4 rings (SSSR count). The zero-order chi connectivity index (χ0) is 28.1. The van der Waals surface area contributed by atoms with Crippen LogP contribution in [0.15, 0.2) is 72.8 Å². The quantitative estimate of drug-likeness (QED) is 0.272. The highest BCUT2D eigenvalue weighted by atomic mass is 35.5. The van der Waals surface area contributed by atoms with E-state index in [1.54, 1.807) is 60.7 Å². The highest BCUT2D eigenvalue weighted by Gasteiger charge is 2.48. The number of halogens is 2. The Morgan fingerprint density at radius 2 is 1.49 bits per heavy atom. The van der Waals surface area contributed by atoms with Crippen LogP contribution in [0.4, 0.5) is 0 Å². The zero-order valence-electron chi connectivity index (χ0n) is 21.2. The van der Waals surface area contributed by atoms with Gasteiger partial charge in [-0.3, -0.25) is 4.79 Å². The average molecular weight is 591 g/mol.